The highest BCUT2D eigenvalue weighted by atomic mass is 32.2. The predicted octanol–water partition coefficient (Wildman–Crippen LogP) is 3.08. The van der Waals surface area contributed by atoms with Crippen LogP contribution >= 0.6 is 11.8 Å². The van der Waals surface area contributed by atoms with Crippen molar-refractivity contribution in [3.05, 3.63) is 5.89 Å². The maximum absolute atomic E-state index is 12.1. The lowest BCUT2D eigenvalue weighted by molar-refractivity contribution is -0.130. The Morgan fingerprint density at radius 3 is 2.55 bits per heavy atom. The second-order valence-electron chi connectivity index (χ2n) is 5.45. The van der Waals surface area contributed by atoms with Crippen LogP contribution in [-0.2, 0) is 4.79 Å². The molecule has 6 heteroatoms. The van der Waals surface area contributed by atoms with E-state index in [0.717, 1.165) is 25.9 Å². The molecule has 0 N–H and O–H groups in total. The van der Waals surface area contributed by atoms with Crippen LogP contribution in [-0.4, -0.2) is 39.8 Å². The van der Waals surface area contributed by atoms with Crippen molar-refractivity contribution >= 4 is 17.7 Å². The van der Waals surface area contributed by atoms with Crippen LogP contribution in [0.2, 0.25) is 0 Å². The second kappa shape index (κ2) is 7.67. The Bertz CT molecular complexity index is 426. The summed E-state index contributed by atoms with van der Waals surface area (Å²) in [5.74, 6) is 1.86. The van der Waals surface area contributed by atoms with Gasteiger partial charge in [-0.25, -0.2) is 0 Å². The van der Waals surface area contributed by atoms with Gasteiger partial charge in [-0.15, -0.1) is 10.2 Å². The van der Waals surface area contributed by atoms with E-state index in [-0.39, 0.29) is 11.8 Å². The molecule has 1 aliphatic heterocycles. The van der Waals surface area contributed by atoms with E-state index in [4.69, 9.17) is 4.42 Å². The van der Waals surface area contributed by atoms with Crippen LogP contribution in [0, 0.1) is 0 Å². The van der Waals surface area contributed by atoms with Crippen LogP contribution in [0.25, 0.3) is 0 Å². The first-order valence-corrected chi connectivity index (χ1v) is 8.39. The van der Waals surface area contributed by atoms with Gasteiger partial charge >= 0.3 is 0 Å². The summed E-state index contributed by atoms with van der Waals surface area (Å²) in [5.41, 5.74) is 0. The van der Waals surface area contributed by atoms with E-state index in [1.807, 2.05) is 18.7 Å². The van der Waals surface area contributed by atoms with Gasteiger partial charge in [-0.05, 0) is 12.8 Å². The van der Waals surface area contributed by atoms with E-state index < -0.39 is 0 Å². The zero-order valence-corrected chi connectivity index (χ0v) is 13.1. The SMILES string of the molecule is CC(C)c1nnc(SCCC(=O)N2CCCCCC2)o1. The highest BCUT2D eigenvalue weighted by molar-refractivity contribution is 7.99. The molecule has 0 aromatic carbocycles. The van der Waals surface area contributed by atoms with Crippen molar-refractivity contribution in [3.63, 3.8) is 0 Å². The van der Waals surface area contributed by atoms with E-state index in [2.05, 4.69) is 10.2 Å². The molecule has 2 heterocycles. The first-order chi connectivity index (χ1) is 9.66. The summed E-state index contributed by atoms with van der Waals surface area (Å²) in [4.78, 5) is 14.1. The van der Waals surface area contributed by atoms with Gasteiger partial charge in [0.1, 0.15) is 0 Å². The number of thioether (sulfide) groups is 1. The molecule has 0 radical (unpaired) electrons. The number of hydrogen-bond acceptors (Lipinski definition) is 5. The molecule has 2 rings (SSSR count). The first kappa shape index (κ1) is 15.4. The molecule has 0 aliphatic carbocycles. The molecule has 1 saturated heterocycles. The highest BCUT2D eigenvalue weighted by Crippen LogP contribution is 2.21. The monoisotopic (exact) mass is 297 g/mol. The smallest absolute Gasteiger partial charge is 0.276 e. The lowest BCUT2D eigenvalue weighted by atomic mass is 10.2. The Kier molecular flexibility index (Phi) is 5.88. The summed E-state index contributed by atoms with van der Waals surface area (Å²) in [5, 5.41) is 8.53. The molecule has 20 heavy (non-hydrogen) atoms. The Labute approximate surface area is 124 Å². The third-order valence-corrected chi connectivity index (χ3v) is 4.24. The standard InChI is InChI=1S/C14H23N3O2S/c1-11(2)13-15-16-14(19-13)20-10-7-12(18)17-8-5-3-4-6-9-17/h11H,3-10H2,1-2H3. The fourth-order valence-electron chi connectivity index (χ4n) is 2.22. The zero-order valence-electron chi connectivity index (χ0n) is 12.3. The van der Waals surface area contributed by atoms with Crippen LogP contribution in [0.3, 0.4) is 0 Å². The van der Waals surface area contributed by atoms with Crippen LogP contribution < -0.4 is 0 Å². The molecule has 112 valence electrons. The minimum Gasteiger partial charge on any atom is -0.416 e. The molecule has 0 atom stereocenters. The second-order valence-corrected chi connectivity index (χ2v) is 6.50. The van der Waals surface area contributed by atoms with E-state index in [0.29, 0.717) is 23.3 Å². The maximum atomic E-state index is 12.1. The molecular formula is C14H23N3O2S. The molecule has 0 bridgehead atoms. The van der Waals surface area contributed by atoms with Crippen molar-refractivity contribution in [1.82, 2.24) is 15.1 Å². The van der Waals surface area contributed by atoms with Gasteiger partial charge in [0.05, 0.1) is 0 Å². The van der Waals surface area contributed by atoms with E-state index in [1.54, 1.807) is 0 Å². The molecule has 1 aromatic rings. The summed E-state index contributed by atoms with van der Waals surface area (Å²) in [7, 11) is 0. The Hall–Kier alpha value is -1.04. The van der Waals surface area contributed by atoms with Crippen molar-refractivity contribution < 1.29 is 9.21 Å². The topological polar surface area (TPSA) is 59.2 Å². The molecule has 1 fully saturated rings. The molecular weight excluding hydrogens is 274 g/mol. The van der Waals surface area contributed by atoms with E-state index in [1.165, 1.54) is 24.6 Å². The van der Waals surface area contributed by atoms with Gasteiger partial charge in [-0.1, -0.05) is 38.5 Å². The van der Waals surface area contributed by atoms with Crippen molar-refractivity contribution in [2.45, 2.75) is 57.1 Å². The number of hydrogen-bond donors (Lipinski definition) is 0. The number of carbonyl (C=O) groups excluding carboxylic acids is 1. The Balaban J connectivity index is 1.72. The molecule has 1 aliphatic rings. The van der Waals surface area contributed by atoms with Crippen LogP contribution in [0.5, 0.6) is 0 Å². The summed E-state index contributed by atoms with van der Waals surface area (Å²) in [6.07, 6.45) is 5.32. The quantitative estimate of drug-likeness (QED) is 0.782. The minimum atomic E-state index is 0.246. The Morgan fingerprint density at radius 1 is 1.25 bits per heavy atom. The van der Waals surface area contributed by atoms with Gasteiger partial charge in [-0.3, -0.25) is 4.79 Å². The number of rotatable bonds is 5. The van der Waals surface area contributed by atoms with Crippen molar-refractivity contribution in [1.29, 1.82) is 0 Å². The molecule has 1 amide bonds. The molecule has 1 aromatic heterocycles. The molecule has 5 nitrogen and oxygen atoms in total. The third kappa shape index (κ3) is 4.51. The summed E-state index contributed by atoms with van der Waals surface area (Å²) >= 11 is 1.47. The fraction of sp³-hybridized carbons (Fsp3) is 0.786. The minimum absolute atomic E-state index is 0.246. The van der Waals surface area contributed by atoms with Crippen molar-refractivity contribution in [2.24, 2.45) is 0 Å². The Morgan fingerprint density at radius 2 is 1.95 bits per heavy atom. The summed E-state index contributed by atoms with van der Waals surface area (Å²) < 4.78 is 5.51. The number of nitrogens with zero attached hydrogens (tertiary/aromatic N) is 3. The zero-order chi connectivity index (χ0) is 14.4. The lowest BCUT2D eigenvalue weighted by Crippen LogP contribution is -2.31. The van der Waals surface area contributed by atoms with Gasteiger partial charge in [0.15, 0.2) is 0 Å². The van der Waals surface area contributed by atoms with Crippen LogP contribution in [0.4, 0.5) is 0 Å². The largest absolute Gasteiger partial charge is 0.416 e. The van der Waals surface area contributed by atoms with E-state index in [9.17, 15) is 4.79 Å². The predicted molar refractivity (Wildman–Crippen MR) is 78.8 cm³/mol. The van der Waals surface area contributed by atoms with Crippen molar-refractivity contribution in [3.8, 4) is 0 Å². The summed E-state index contributed by atoms with van der Waals surface area (Å²) in [6.45, 7) is 5.87. The molecule has 0 saturated carbocycles. The molecule has 0 unspecified atom stereocenters. The van der Waals surface area contributed by atoms with Crippen molar-refractivity contribution in [2.75, 3.05) is 18.8 Å². The van der Waals surface area contributed by atoms with Gasteiger partial charge in [-0.2, -0.15) is 0 Å². The lowest BCUT2D eigenvalue weighted by Gasteiger charge is -2.19. The number of aromatic nitrogens is 2. The van der Waals surface area contributed by atoms with Gasteiger partial charge < -0.3 is 9.32 Å². The maximum Gasteiger partial charge on any atom is 0.276 e. The van der Waals surface area contributed by atoms with Gasteiger partial charge in [0.2, 0.25) is 11.8 Å². The first-order valence-electron chi connectivity index (χ1n) is 7.41. The molecule has 0 spiro atoms. The normalized spacial score (nSPS) is 16.4. The fourth-order valence-corrected chi connectivity index (χ4v) is 2.91. The van der Waals surface area contributed by atoms with Gasteiger partial charge in [0, 0.05) is 31.2 Å². The number of amides is 1. The van der Waals surface area contributed by atoms with Crippen LogP contribution in [0.15, 0.2) is 9.64 Å². The number of likely N-dealkylation sites (tertiary alicyclic amines) is 1. The highest BCUT2D eigenvalue weighted by Gasteiger charge is 2.16. The number of carbonyl (C=O) groups is 1. The van der Waals surface area contributed by atoms with Gasteiger partial charge in [0.25, 0.3) is 5.22 Å². The summed E-state index contributed by atoms with van der Waals surface area (Å²) in [6, 6.07) is 0. The average Bonchev–Trinajstić information content (AvgIpc) is 2.73. The van der Waals surface area contributed by atoms with Crippen LogP contribution in [0.1, 0.15) is 57.8 Å². The third-order valence-electron chi connectivity index (χ3n) is 3.42. The van der Waals surface area contributed by atoms with E-state index >= 15 is 0 Å². The average molecular weight is 297 g/mol.